The number of likely N-dealkylation sites (N-methyl/N-ethyl adjacent to an activating group) is 1. The minimum Gasteiger partial charge on any atom is -0.492 e. The van der Waals surface area contributed by atoms with Crippen molar-refractivity contribution in [2.75, 3.05) is 26.2 Å². The number of hydrogen-bond donors (Lipinski definition) is 1. The maximum absolute atomic E-state index is 12.7. The standard InChI is InChI=1S/C22H28N2O2/c1-3-24(4-2)20(17-10-6-5-7-11-17)15-23-22(25)19-14-18-12-8-9-13-21(18)26-16-19/h5-13,19-20H,3-4,14-16H2,1-2H3,(H,23,25)/t19-,20+/m0/s1. The summed E-state index contributed by atoms with van der Waals surface area (Å²) in [4.78, 5) is 15.1. The van der Waals surface area contributed by atoms with Gasteiger partial charge in [0.2, 0.25) is 5.91 Å². The van der Waals surface area contributed by atoms with Gasteiger partial charge in [0.25, 0.3) is 0 Å². The Morgan fingerprint density at radius 3 is 2.54 bits per heavy atom. The molecule has 1 amide bonds. The predicted octanol–water partition coefficient (Wildman–Crippen LogP) is 3.44. The fraction of sp³-hybridized carbons (Fsp3) is 0.409. The zero-order valence-corrected chi connectivity index (χ0v) is 15.7. The molecule has 1 heterocycles. The van der Waals surface area contributed by atoms with E-state index in [-0.39, 0.29) is 17.9 Å². The molecule has 0 saturated carbocycles. The molecular weight excluding hydrogens is 324 g/mol. The van der Waals surface area contributed by atoms with Gasteiger partial charge in [-0.3, -0.25) is 9.69 Å². The Kier molecular flexibility index (Phi) is 6.29. The Morgan fingerprint density at radius 2 is 1.81 bits per heavy atom. The van der Waals surface area contributed by atoms with E-state index < -0.39 is 0 Å². The van der Waals surface area contributed by atoms with Crippen LogP contribution in [0.4, 0.5) is 0 Å². The largest absolute Gasteiger partial charge is 0.492 e. The van der Waals surface area contributed by atoms with Crippen LogP contribution >= 0.6 is 0 Å². The zero-order chi connectivity index (χ0) is 18.4. The number of hydrogen-bond acceptors (Lipinski definition) is 3. The van der Waals surface area contributed by atoms with Crippen LogP contribution in [-0.4, -0.2) is 37.0 Å². The van der Waals surface area contributed by atoms with Gasteiger partial charge in [-0.25, -0.2) is 0 Å². The van der Waals surface area contributed by atoms with E-state index in [1.165, 1.54) is 5.56 Å². The molecule has 1 aliphatic rings. The first-order chi connectivity index (χ1) is 12.7. The topological polar surface area (TPSA) is 41.6 Å². The van der Waals surface area contributed by atoms with Crippen molar-refractivity contribution in [1.29, 1.82) is 0 Å². The van der Waals surface area contributed by atoms with E-state index in [1.54, 1.807) is 0 Å². The summed E-state index contributed by atoms with van der Waals surface area (Å²) in [7, 11) is 0. The summed E-state index contributed by atoms with van der Waals surface area (Å²) in [6, 6.07) is 18.6. The van der Waals surface area contributed by atoms with Crippen LogP contribution in [0.2, 0.25) is 0 Å². The number of ether oxygens (including phenoxy) is 1. The van der Waals surface area contributed by atoms with Crippen LogP contribution in [-0.2, 0) is 11.2 Å². The van der Waals surface area contributed by atoms with Crippen LogP contribution in [0, 0.1) is 5.92 Å². The number of carbonyl (C=O) groups excluding carboxylic acids is 1. The number of nitrogens with zero attached hydrogens (tertiary/aromatic N) is 1. The van der Waals surface area contributed by atoms with Gasteiger partial charge in [0.05, 0.1) is 12.0 Å². The van der Waals surface area contributed by atoms with E-state index in [9.17, 15) is 4.79 Å². The summed E-state index contributed by atoms with van der Waals surface area (Å²) in [5.41, 5.74) is 2.35. The molecule has 0 radical (unpaired) electrons. The highest BCUT2D eigenvalue weighted by Crippen LogP contribution is 2.27. The van der Waals surface area contributed by atoms with Crippen molar-refractivity contribution in [3.63, 3.8) is 0 Å². The Labute approximate surface area is 156 Å². The highest BCUT2D eigenvalue weighted by Gasteiger charge is 2.27. The molecule has 0 unspecified atom stereocenters. The maximum Gasteiger partial charge on any atom is 0.226 e. The monoisotopic (exact) mass is 352 g/mol. The lowest BCUT2D eigenvalue weighted by molar-refractivity contribution is -0.126. The lowest BCUT2D eigenvalue weighted by Crippen LogP contribution is -2.42. The molecule has 0 bridgehead atoms. The Hall–Kier alpha value is -2.33. The molecule has 4 heteroatoms. The quantitative estimate of drug-likeness (QED) is 0.830. The Morgan fingerprint density at radius 1 is 1.12 bits per heavy atom. The van der Waals surface area contributed by atoms with Gasteiger partial charge in [-0.1, -0.05) is 62.4 Å². The molecule has 4 nitrogen and oxygen atoms in total. The third-order valence-electron chi connectivity index (χ3n) is 5.16. The molecular formula is C22H28N2O2. The van der Waals surface area contributed by atoms with E-state index in [4.69, 9.17) is 4.74 Å². The normalized spacial score (nSPS) is 17.3. The number of rotatable bonds is 7. The van der Waals surface area contributed by atoms with Crippen LogP contribution in [0.3, 0.4) is 0 Å². The van der Waals surface area contributed by atoms with Crippen LogP contribution in [0.15, 0.2) is 54.6 Å². The lowest BCUT2D eigenvalue weighted by atomic mass is 9.96. The number of fused-ring (bicyclic) bond motifs is 1. The van der Waals surface area contributed by atoms with Crippen LogP contribution in [0.25, 0.3) is 0 Å². The molecule has 138 valence electrons. The van der Waals surface area contributed by atoms with Crippen molar-refractivity contribution in [3.05, 3.63) is 65.7 Å². The molecule has 2 aromatic rings. The second-order valence-corrected chi connectivity index (χ2v) is 6.71. The molecule has 1 N–H and O–H groups in total. The maximum atomic E-state index is 12.7. The predicted molar refractivity (Wildman–Crippen MR) is 104 cm³/mol. The third kappa shape index (κ3) is 4.25. The van der Waals surface area contributed by atoms with Crippen molar-refractivity contribution < 1.29 is 9.53 Å². The molecule has 3 rings (SSSR count). The van der Waals surface area contributed by atoms with Gasteiger partial charge in [0.15, 0.2) is 0 Å². The van der Waals surface area contributed by atoms with Gasteiger partial charge >= 0.3 is 0 Å². The summed E-state index contributed by atoms with van der Waals surface area (Å²) < 4.78 is 5.77. The lowest BCUT2D eigenvalue weighted by Gasteiger charge is -2.31. The second-order valence-electron chi connectivity index (χ2n) is 6.71. The first kappa shape index (κ1) is 18.5. The second kappa shape index (κ2) is 8.86. The molecule has 2 aromatic carbocycles. The van der Waals surface area contributed by atoms with E-state index >= 15 is 0 Å². The number of para-hydroxylation sites is 1. The van der Waals surface area contributed by atoms with Crippen molar-refractivity contribution in [2.45, 2.75) is 26.3 Å². The van der Waals surface area contributed by atoms with Crippen molar-refractivity contribution in [3.8, 4) is 5.75 Å². The SMILES string of the molecule is CCN(CC)[C@H](CNC(=O)[C@@H]1COc2ccccc2C1)c1ccccc1. The number of benzene rings is 2. The number of amides is 1. The first-order valence-electron chi connectivity index (χ1n) is 9.50. The fourth-order valence-electron chi connectivity index (χ4n) is 3.64. The highest BCUT2D eigenvalue weighted by molar-refractivity contribution is 5.79. The molecule has 1 aliphatic heterocycles. The third-order valence-corrected chi connectivity index (χ3v) is 5.16. The van der Waals surface area contributed by atoms with Gasteiger partial charge in [0.1, 0.15) is 12.4 Å². The molecule has 0 fully saturated rings. The van der Waals surface area contributed by atoms with Crippen molar-refractivity contribution in [2.24, 2.45) is 5.92 Å². The molecule has 0 aliphatic carbocycles. The molecule has 26 heavy (non-hydrogen) atoms. The van der Waals surface area contributed by atoms with Crippen LogP contribution in [0.5, 0.6) is 5.75 Å². The molecule has 0 saturated heterocycles. The van der Waals surface area contributed by atoms with E-state index in [1.807, 2.05) is 30.3 Å². The highest BCUT2D eigenvalue weighted by atomic mass is 16.5. The van der Waals surface area contributed by atoms with Crippen molar-refractivity contribution >= 4 is 5.91 Å². The van der Waals surface area contributed by atoms with Crippen LogP contribution < -0.4 is 10.1 Å². The molecule has 0 aromatic heterocycles. The van der Waals surface area contributed by atoms with Gasteiger partial charge < -0.3 is 10.1 Å². The average Bonchev–Trinajstić information content (AvgIpc) is 2.71. The molecule has 2 atom stereocenters. The van der Waals surface area contributed by atoms with Crippen molar-refractivity contribution in [1.82, 2.24) is 10.2 Å². The van der Waals surface area contributed by atoms with Gasteiger partial charge in [0, 0.05) is 6.54 Å². The minimum absolute atomic E-state index is 0.0765. The van der Waals surface area contributed by atoms with Gasteiger partial charge in [-0.2, -0.15) is 0 Å². The number of nitrogens with one attached hydrogen (secondary N) is 1. The average molecular weight is 352 g/mol. The number of carbonyl (C=O) groups is 1. The summed E-state index contributed by atoms with van der Waals surface area (Å²) >= 11 is 0. The summed E-state index contributed by atoms with van der Waals surface area (Å²) in [6.07, 6.45) is 0.739. The van der Waals surface area contributed by atoms with Gasteiger partial charge in [-0.15, -0.1) is 0 Å². The van der Waals surface area contributed by atoms with Gasteiger partial charge in [-0.05, 0) is 36.7 Å². The smallest absolute Gasteiger partial charge is 0.226 e. The Bertz CT molecular complexity index is 713. The zero-order valence-electron chi connectivity index (χ0n) is 15.7. The minimum atomic E-state index is -0.127. The molecule has 0 spiro atoms. The first-order valence-corrected chi connectivity index (χ1v) is 9.50. The fourth-order valence-corrected chi connectivity index (χ4v) is 3.64. The van der Waals surface area contributed by atoms with E-state index in [2.05, 4.69) is 48.3 Å². The summed E-state index contributed by atoms with van der Waals surface area (Å²) in [5.74, 6) is 0.854. The summed E-state index contributed by atoms with van der Waals surface area (Å²) in [6.45, 7) is 7.28. The van der Waals surface area contributed by atoms with Crippen LogP contribution in [0.1, 0.15) is 31.0 Å². The van der Waals surface area contributed by atoms with E-state index in [0.717, 1.165) is 30.8 Å². The Balaban J connectivity index is 1.64. The van der Waals surface area contributed by atoms with E-state index in [0.29, 0.717) is 13.2 Å². The summed E-state index contributed by atoms with van der Waals surface area (Å²) in [5, 5.41) is 3.17.